The minimum Gasteiger partial charge on any atom is -0.339 e. The van der Waals surface area contributed by atoms with Crippen LogP contribution in [0.4, 0.5) is 10.1 Å². The van der Waals surface area contributed by atoms with Gasteiger partial charge >= 0.3 is 0 Å². The highest BCUT2D eigenvalue weighted by atomic mass is 19.1. The number of benzene rings is 2. The van der Waals surface area contributed by atoms with Crippen LogP contribution in [0.15, 0.2) is 60.7 Å². The fraction of sp³-hybridized carbons (Fsp3) is 0.481. The van der Waals surface area contributed by atoms with Crippen LogP contribution in [0.3, 0.4) is 0 Å². The number of para-hydroxylation sites is 1. The second-order valence-electron chi connectivity index (χ2n) is 9.13. The summed E-state index contributed by atoms with van der Waals surface area (Å²) in [5, 5.41) is 2.99. The number of piperidine rings is 1. The first-order valence-corrected chi connectivity index (χ1v) is 12.3. The molecule has 6 nitrogen and oxygen atoms in total. The molecule has 0 aromatic heterocycles. The Bertz CT molecular complexity index is 959. The first-order valence-electron chi connectivity index (χ1n) is 12.3. The van der Waals surface area contributed by atoms with Crippen LogP contribution in [0.5, 0.6) is 0 Å². The van der Waals surface area contributed by atoms with E-state index in [0.29, 0.717) is 51.3 Å². The highest BCUT2D eigenvalue weighted by Gasteiger charge is 2.51. The van der Waals surface area contributed by atoms with Crippen molar-refractivity contribution in [2.24, 2.45) is 0 Å². The molecule has 2 unspecified atom stereocenters. The highest BCUT2D eigenvalue weighted by molar-refractivity contribution is 6.00. The van der Waals surface area contributed by atoms with Gasteiger partial charge in [0.2, 0.25) is 5.91 Å². The number of halogens is 1. The van der Waals surface area contributed by atoms with Crippen LogP contribution >= 0.6 is 0 Å². The summed E-state index contributed by atoms with van der Waals surface area (Å²) >= 11 is 0. The molecule has 2 heterocycles. The van der Waals surface area contributed by atoms with E-state index >= 15 is 4.39 Å². The number of anilines is 1. The molecule has 2 saturated heterocycles. The van der Waals surface area contributed by atoms with Crippen molar-refractivity contribution in [1.29, 1.82) is 0 Å². The second-order valence-corrected chi connectivity index (χ2v) is 9.13. The topological polar surface area (TPSA) is 55.9 Å². The zero-order valence-corrected chi connectivity index (χ0v) is 20.1. The van der Waals surface area contributed by atoms with Crippen molar-refractivity contribution in [3.05, 3.63) is 66.2 Å². The number of alkyl halides is 1. The summed E-state index contributed by atoms with van der Waals surface area (Å²) in [6.07, 6.45) is -0.0185. The van der Waals surface area contributed by atoms with E-state index in [2.05, 4.69) is 10.2 Å². The summed E-state index contributed by atoms with van der Waals surface area (Å²) in [7, 11) is 0. The number of amides is 1. The van der Waals surface area contributed by atoms with E-state index in [-0.39, 0.29) is 18.1 Å². The van der Waals surface area contributed by atoms with E-state index in [1.165, 1.54) is 0 Å². The first kappa shape index (κ1) is 24.4. The Morgan fingerprint density at radius 1 is 1.03 bits per heavy atom. The quantitative estimate of drug-likeness (QED) is 0.451. The van der Waals surface area contributed by atoms with Gasteiger partial charge in [0.05, 0.1) is 12.7 Å². The normalized spacial score (nSPS) is 19.9. The number of rotatable bonds is 9. The van der Waals surface area contributed by atoms with Gasteiger partial charge in [-0.3, -0.25) is 19.4 Å². The molecule has 2 aromatic rings. The molecule has 0 aliphatic carbocycles. The van der Waals surface area contributed by atoms with Crippen LogP contribution in [0.25, 0.3) is 0 Å². The van der Waals surface area contributed by atoms with Crippen LogP contribution in [-0.2, 0) is 4.79 Å². The molecule has 0 radical (unpaired) electrons. The number of carbonyl (C=O) groups excluding carboxylic acids is 2. The van der Waals surface area contributed by atoms with Gasteiger partial charge < -0.3 is 10.2 Å². The number of likely N-dealkylation sites (tertiary alicyclic amines) is 1. The molecule has 4 rings (SSSR count). The fourth-order valence-electron chi connectivity index (χ4n) is 5.42. The van der Waals surface area contributed by atoms with E-state index in [4.69, 9.17) is 0 Å². The number of ketones is 1. The van der Waals surface area contributed by atoms with Crippen LogP contribution in [0.2, 0.25) is 0 Å². The van der Waals surface area contributed by atoms with E-state index in [1.807, 2.05) is 67.3 Å². The molecule has 7 heteroatoms. The van der Waals surface area contributed by atoms with Gasteiger partial charge in [-0.25, -0.2) is 4.39 Å². The van der Waals surface area contributed by atoms with Crippen molar-refractivity contribution in [2.75, 3.05) is 37.7 Å². The predicted octanol–water partition coefficient (Wildman–Crippen LogP) is 3.69. The Morgan fingerprint density at radius 2 is 1.62 bits per heavy atom. The van der Waals surface area contributed by atoms with E-state index in [1.54, 1.807) is 17.0 Å². The Kier molecular flexibility index (Phi) is 7.63. The number of nitrogens with zero attached hydrogens (tertiary/aromatic N) is 3. The van der Waals surface area contributed by atoms with Gasteiger partial charge in [-0.05, 0) is 38.1 Å². The van der Waals surface area contributed by atoms with E-state index in [9.17, 15) is 9.59 Å². The summed E-state index contributed by atoms with van der Waals surface area (Å²) in [5.74, 6) is -0.0162. The number of Topliss-reactive ketones (excluding diaryl/α,β-unsaturated/α-hetero) is 1. The van der Waals surface area contributed by atoms with Crippen molar-refractivity contribution >= 4 is 17.4 Å². The third-order valence-electron chi connectivity index (χ3n) is 7.46. The molecule has 2 aromatic carbocycles. The minimum atomic E-state index is -1.25. The van der Waals surface area contributed by atoms with Crippen LogP contribution in [-0.4, -0.2) is 72.2 Å². The smallest absolute Gasteiger partial charge is 0.247 e. The monoisotopic (exact) mass is 466 g/mol. The molecule has 1 amide bonds. The molecule has 2 aliphatic rings. The number of likely N-dealkylation sites (N-methyl/N-ethyl adjacent to an activating group) is 1. The Balaban J connectivity index is 1.46. The maximum Gasteiger partial charge on any atom is 0.247 e. The molecule has 182 valence electrons. The molecule has 2 fully saturated rings. The largest absolute Gasteiger partial charge is 0.339 e. The first-order chi connectivity index (χ1) is 16.5. The zero-order chi connectivity index (χ0) is 24.1. The molecule has 1 spiro atoms. The van der Waals surface area contributed by atoms with Crippen LogP contribution in [0.1, 0.15) is 43.5 Å². The molecule has 2 aliphatic heterocycles. The summed E-state index contributed by atoms with van der Waals surface area (Å²) in [5.41, 5.74) is 0.974. The molecular formula is C27H35FN4O2. The maximum absolute atomic E-state index is 15.7. The number of hydrogen-bond donors (Lipinski definition) is 1. The van der Waals surface area contributed by atoms with Gasteiger partial charge in [-0.15, -0.1) is 0 Å². The summed E-state index contributed by atoms with van der Waals surface area (Å²) < 4.78 is 15.7. The van der Waals surface area contributed by atoms with E-state index < -0.39 is 17.9 Å². The Labute approximate surface area is 201 Å². The Hall–Kier alpha value is -2.77. The average Bonchev–Trinajstić information content (AvgIpc) is 3.20. The molecule has 0 bridgehead atoms. The lowest BCUT2D eigenvalue weighted by molar-refractivity contribution is -0.125. The van der Waals surface area contributed by atoms with Crippen molar-refractivity contribution in [2.45, 2.75) is 51.0 Å². The zero-order valence-electron chi connectivity index (χ0n) is 20.1. The maximum atomic E-state index is 15.7. The molecule has 1 N–H and O–H groups in total. The standard InChI is InChI=1S/C27H35FN4O2/c1-3-30(4-2)23(25(33)21-11-7-5-8-12-21)19-24(28)31-17-15-27(16-18-31)26(34)29-20-32(27)22-13-9-6-10-14-22/h5-14,23-24H,3-4,15-20H2,1-2H3,(H,29,34). The lowest BCUT2D eigenvalue weighted by Crippen LogP contribution is -2.58. The molecular weight excluding hydrogens is 431 g/mol. The van der Waals surface area contributed by atoms with Crippen LogP contribution in [0, 0.1) is 0 Å². The predicted molar refractivity (Wildman–Crippen MR) is 132 cm³/mol. The van der Waals surface area contributed by atoms with E-state index in [0.717, 1.165) is 5.69 Å². The van der Waals surface area contributed by atoms with Crippen molar-refractivity contribution in [1.82, 2.24) is 15.1 Å². The third-order valence-corrected chi connectivity index (χ3v) is 7.46. The fourth-order valence-corrected chi connectivity index (χ4v) is 5.42. The van der Waals surface area contributed by atoms with Gasteiger partial charge in [-0.2, -0.15) is 0 Å². The summed E-state index contributed by atoms with van der Waals surface area (Å²) in [4.78, 5) is 32.1. The van der Waals surface area contributed by atoms with Gasteiger partial charge in [0.1, 0.15) is 5.54 Å². The lowest BCUT2D eigenvalue weighted by Gasteiger charge is -2.44. The molecule has 0 saturated carbocycles. The number of hydrogen-bond acceptors (Lipinski definition) is 5. The van der Waals surface area contributed by atoms with Crippen LogP contribution < -0.4 is 10.2 Å². The van der Waals surface area contributed by atoms with Gasteiger partial charge in [0.15, 0.2) is 12.1 Å². The molecule has 34 heavy (non-hydrogen) atoms. The number of carbonyl (C=O) groups is 2. The highest BCUT2D eigenvalue weighted by Crippen LogP contribution is 2.37. The minimum absolute atomic E-state index is 0.0201. The third kappa shape index (κ3) is 4.72. The average molecular weight is 467 g/mol. The Morgan fingerprint density at radius 3 is 2.21 bits per heavy atom. The molecule has 2 atom stereocenters. The second kappa shape index (κ2) is 10.7. The SMILES string of the molecule is CCN(CC)C(CC(F)N1CCC2(CC1)C(=O)NCN2c1ccccc1)C(=O)c1ccccc1. The lowest BCUT2D eigenvalue weighted by atomic mass is 9.85. The summed E-state index contributed by atoms with van der Waals surface area (Å²) in [6, 6.07) is 18.6. The van der Waals surface area contributed by atoms with Gasteiger partial charge in [-0.1, -0.05) is 62.4 Å². The number of nitrogens with one attached hydrogen (secondary N) is 1. The van der Waals surface area contributed by atoms with Crippen molar-refractivity contribution < 1.29 is 14.0 Å². The van der Waals surface area contributed by atoms with Crippen molar-refractivity contribution in [3.63, 3.8) is 0 Å². The van der Waals surface area contributed by atoms with Gasteiger partial charge in [0, 0.05) is 30.8 Å². The van der Waals surface area contributed by atoms with Crippen molar-refractivity contribution in [3.8, 4) is 0 Å². The summed E-state index contributed by atoms with van der Waals surface area (Å²) in [6.45, 7) is 6.79. The van der Waals surface area contributed by atoms with Gasteiger partial charge in [0.25, 0.3) is 0 Å².